The Labute approximate surface area is 159 Å². The number of H-pyrrole nitrogens is 1. The van der Waals surface area contributed by atoms with Crippen molar-refractivity contribution in [3.63, 3.8) is 0 Å². The van der Waals surface area contributed by atoms with Crippen molar-refractivity contribution >= 4 is 17.6 Å². The molecule has 0 aliphatic heterocycles. The fraction of sp³-hybridized carbons (Fsp3) is 0.0526. The van der Waals surface area contributed by atoms with E-state index in [1.807, 2.05) is 30.3 Å². The molecule has 2 aromatic carbocycles. The first-order valence-electron chi connectivity index (χ1n) is 8.05. The van der Waals surface area contributed by atoms with Gasteiger partial charge in [0.2, 0.25) is 5.89 Å². The van der Waals surface area contributed by atoms with Crippen LogP contribution in [0.25, 0.3) is 22.7 Å². The number of rotatable bonds is 5. The summed E-state index contributed by atoms with van der Waals surface area (Å²) in [5, 5.41) is 15.2. The molecule has 7 nitrogen and oxygen atoms in total. The SMILES string of the molecule is O=C(OCc1nnc(-c2ccc(Cl)cc2)o1)c1cn[nH]c1-c1ccccc1. The molecule has 4 rings (SSSR count). The van der Waals surface area contributed by atoms with Crippen molar-refractivity contribution in [3.8, 4) is 22.7 Å². The van der Waals surface area contributed by atoms with E-state index in [0.29, 0.717) is 22.2 Å². The van der Waals surface area contributed by atoms with E-state index in [4.69, 9.17) is 20.8 Å². The molecule has 0 aliphatic carbocycles. The van der Waals surface area contributed by atoms with Crippen LogP contribution >= 0.6 is 11.6 Å². The van der Waals surface area contributed by atoms with E-state index >= 15 is 0 Å². The van der Waals surface area contributed by atoms with Gasteiger partial charge in [-0.2, -0.15) is 5.10 Å². The van der Waals surface area contributed by atoms with Crippen molar-refractivity contribution in [2.45, 2.75) is 6.61 Å². The summed E-state index contributed by atoms with van der Waals surface area (Å²) in [4.78, 5) is 12.4. The van der Waals surface area contributed by atoms with Crippen LogP contribution in [0, 0.1) is 0 Å². The number of carbonyl (C=O) groups excluding carboxylic acids is 1. The highest BCUT2D eigenvalue weighted by molar-refractivity contribution is 6.30. The van der Waals surface area contributed by atoms with Crippen LogP contribution in [0.15, 0.2) is 65.2 Å². The molecule has 0 bridgehead atoms. The van der Waals surface area contributed by atoms with Gasteiger partial charge in [-0.25, -0.2) is 4.79 Å². The molecule has 0 fully saturated rings. The second kappa shape index (κ2) is 7.43. The van der Waals surface area contributed by atoms with Gasteiger partial charge in [0.15, 0.2) is 6.61 Å². The van der Waals surface area contributed by atoms with Crippen molar-refractivity contribution in [2.24, 2.45) is 0 Å². The molecule has 0 unspecified atom stereocenters. The number of halogens is 1. The molecule has 0 saturated carbocycles. The van der Waals surface area contributed by atoms with Gasteiger partial charge in [-0.1, -0.05) is 41.9 Å². The van der Waals surface area contributed by atoms with Gasteiger partial charge in [0.25, 0.3) is 5.89 Å². The van der Waals surface area contributed by atoms with E-state index in [1.54, 1.807) is 24.3 Å². The highest BCUT2D eigenvalue weighted by Gasteiger charge is 2.18. The van der Waals surface area contributed by atoms with E-state index in [-0.39, 0.29) is 12.5 Å². The molecule has 27 heavy (non-hydrogen) atoms. The van der Waals surface area contributed by atoms with Gasteiger partial charge in [-0.05, 0) is 24.3 Å². The zero-order valence-electron chi connectivity index (χ0n) is 13.9. The third kappa shape index (κ3) is 3.73. The molecule has 8 heteroatoms. The van der Waals surface area contributed by atoms with Crippen LogP contribution in [0.4, 0.5) is 0 Å². The van der Waals surface area contributed by atoms with Crippen molar-refractivity contribution in [2.75, 3.05) is 0 Å². The molecule has 0 aliphatic rings. The average molecular weight is 381 g/mol. The fourth-order valence-corrected chi connectivity index (χ4v) is 2.62. The minimum atomic E-state index is -0.533. The number of hydrogen-bond acceptors (Lipinski definition) is 6. The van der Waals surface area contributed by atoms with Crippen LogP contribution in [-0.2, 0) is 11.3 Å². The molecule has 0 spiro atoms. The maximum absolute atomic E-state index is 12.4. The maximum atomic E-state index is 12.4. The first kappa shape index (κ1) is 17.0. The van der Waals surface area contributed by atoms with Crippen LogP contribution in [-0.4, -0.2) is 26.4 Å². The second-order valence-corrected chi connectivity index (χ2v) is 6.05. The zero-order chi connectivity index (χ0) is 18.6. The quantitative estimate of drug-likeness (QED) is 0.523. The van der Waals surface area contributed by atoms with Crippen molar-refractivity contribution in [3.05, 3.63) is 77.3 Å². The molecule has 0 radical (unpaired) electrons. The molecule has 2 aromatic heterocycles. The van der Waals surface area contributed by atoms with Gasteiger partial charge in [-0.15, -0.1) is 10.2 Å². The summed E-state index contributed by atoms with van der Waals surface area (Å²) in [5.41, 5.74) is 2.49. The molecular formula is C19H13ClN4O3. The minimum Gasteiger partial charge on any atom is -0.452 e. The average Bonchev–Trinajstić information content (AvgIpc) is 3.37. The molecule has 0 saturated heterocycles. The van der Waals surface area contributed by atoms with Gasteiger partial charge < -0.3 is 9.15 Å². The summed E-state index contributed by atoms with van der Waals surface area (Å²) >= 11 is 5.86. The lowest BCUT2D eigenvalue weighted by molar-refractivity contribution is 0.0439. The van der Waals surface area contributed by atoms with Crippen LogP contribution in [0.1, 0.15) is 16.2 Å². The summed E-state index contributed by atoms with van der Waals surface area (Å²) < 4.78 is 10.8. The third-order valence-corrected chi connectivity index (χ3v) is 4.06. The minimum absolute atomic E-state index is 0.140. The van der Waals surface area contributed by atoms with E-state index < -0.39 is 5.97 Å². The van der Waals surface area contributed by atoms with Crippen LogP contribution in [0.5, 0.6) is 0 Å². The second-order valence-electron chi connectivity index (χ2n) is 5.61. The number of benzene rings is 2. The fourth-order valence-electron chi connectivity index (χ4n) is 2.49. The highest BCUT2D eigenvalue weighted by atomic mass is 35.5. The lowest BCUT2D eigenvalue weighted by Gasteiger charge is -2.03. The number of ether oxygens (including phenoxy) is 1. The first-order chi connectivity index (χ1) is 13.2. The Morgan fingerprint density at radius 3 is 2.59 bits per heavy atom. The van der Waals surface area contributed by atoms with Crippen molar-refractivity contribution in [1.29, 1.82) is 0 Å². The molecule has 1 N–H and O–H groups in total. The lowest BCUT2D eigenvalue weighted by Crippen LogP contribution is -2.06. The summed E-state index contributed by atoms with van der Waals surface area (Å²) in [6, 6.07) is 16.4. The Bertz CT molecular complexity index is 1060. The van der Waals surface area contributed by atoms with Crippen molar-refractivity contribution in [1.82, 2.24) is 20.4 Å². The topological polar surface area (TPSA) is 93.9 Å². The van der Waals surface area contributed by atoms with E-state index in [0.717, 1.165) is 11.1 Å². The molecular weight excluding hydrogens is 368 g/mol. The molecule has 134 valence electrons. The van der Waals surface area contributed by atoms with Gasteiger partial charge in [0.1, 0.15) is 5.56 Å². The van der Waals surface area contributed by atoms with Gasteiger partial charge >= 0.3 is 5.97 Å². The Morgan fingerprint density at radius 2 is 1.81 bits per heavy atom. The highest BCUT2D eigenvalue weighted by Crippen LogP contribution is 2.23. The zero-order valence-corrected chi connectivity index (χ0v) is 14.7. The number of nitrogens with one attached hydrogen (secondary N) is 1. The molecule has 0 atom stereocenters. The predicted molar refractivity (Wildman–Crippen MR) is 97.9 cm³/mol. The lowest BCUT2D eigenvalue weighted by atomic mass is 10.1. The Balaban J connectivity index is 1.45. The number of aromatic nitrogens is 4. The van der Waals surface area contributed by atoms with E-state index in [1.165, 1.54) is 6.20 Å². The van der Waals surface area contributed by atoms with E-state index in [2.05, 4.69) is 20.4 Å². The Hall–Kier alpha value is -3.45. The smallest absolute Gasteiger partial charge is 0.342 e. The maximum Gasteiger partial charge on any atom is 0.342 e. The summed E-state index contributed by atoms with van der Waals surface area (Å²) in [6.07, 6.45) is 1.43. The number of carbonyl (C=O) groups is 1. The third-order valence-electron chi connectivity index (χ3n) is 3.81. The van der Waals surface area contributed by atoms with E-state index in [9.17, 15) is 4.79 Å². The standard InChI is InChI=1S/C19H13ClN4O3/c20-14-8-6-13(7-9-14)18-24-22-16(27-18)11-26-19(25)15-10-21-23-17(15)12-4-2-1-3-5-12/h1-10H,11H2,(H,21,23). The van der Waals surface area contributed by atoms with Crippen LogP contribution < -0.4 is 0 Å². The molecule has 4 aromatic rings. The Kier molecular flexibility index (Phi) is 4.67. The Morgan fingerprint density at radius 1 is 1.04 bits per heavy atom. The number of esters is 1. The molecule has 0 amide bonds. The van der Waals surface area contributed by atoms with Gasteiger partial charge in [-0.3, -0.25) is 5.10 Å². The van der Waals surface area contributed by atoms with Crippen LogP contribution in [0.3, 0.4) is 0 Å². The first-order valence-corrected chi connectivity index (χ1v) is 8.43. The summed E-state index contributed by atoms with van der Waals surface area (Å²) in [5.74, 6) is -0.0158. The number of hydrogen-bond donors (Lipinski definition) is 1. The van der Waals surface area contributed by atoms with Gasteiger partial charge in [0.05, 0.1) is 11.9 Å². The predicted octanol–water partition coefficient (Wildman–Crippen LogP) is 4.14. The monoisotopic (exact) mass is 380 g/mol. The summed E-state index contributed by atoms with van der Waals surface area (Å²) in [7, 11) is 0. The number of aromatic amines is 1. The molecule has 2 heterocycles. The largest absolute Gasteiger partial charge is 0.452 e. The normalized spacial score (nSPS) is 10.7. The van der Waals surface area contributed by atoms with Crippen LogP contribution in [0.2, 0.25) is 5.02 Å². The van der Waals surface area contributed by atoms with Gasteiger partial charge in [0, 0.05) is 16.1 Å². The van der Waals surface area contributed by atoms with Crippen molar-refractivity contribution < 1.29 is 13.9 Å². The number of nitrogens with zero attached hydrogens (tertiary/aromatic N) is 3. The summed E-state index contributed by atoms with van der Waals surface area (Å²) in [6.45, 7) is -0.140.